The molecule has 0 bridgehead atoms. The molecule has 1 fully saturated rings. The number of carbonyl (C=O) groups is 1. The van der Waals surface area contributed by atoms with E-state index >= 15 is 0 Å². The third-order valence-corrected chi connectivity index (χ3v) is 7.42. The van der Waals surface area contributed by atoms with Gasteiger partial charge in [0.05, 0.1) is 19.9 Å². The zero-order valence-electron chi connectivity index (χ0n) is 22.6. The average molecular weight is 538 g/mol. The summed E-state index contributed by atoms with van der Waals surface area (Å²) in [6, 6.07) is 30.4. The first kappa shape index (κ1) is 26.1. The van der Waals surface area contributed by atoms with E-state index in [1.54, 1.807) is 10.9 Å². The van der Waals surface area contributed by atoms with Gasteiger partial charge in [-0.25, -0.2) is 9.48 Å². The molecule has 3 atom stereocenters. The van der Waals surface area contributed by atoms with Crippen molar-refractivity contribution >= 4 is 5.97 Å². The Hall–Kier alpha value is -4.11. The summed E-state index contributed by atoms with van der Waals surface area (Å²) in [5.41, 5.74) is 3.24. The Morgan fingerprint density at radius 2 is 1.45 bits per heavy atom. The number of ether oxygens (including phenoxy) is 4. The molecule has 6 rings (SSSR count). The second-order valence-corrected chi connectivity index (χ2v) is 10.4. The van der Waals surface area contributed by atoms with Gasteiger partial charge in [0.1, 0.15) is 23.9 Å². The summed E-state index contributed by atoms with van der Waals surface area (Å²) in [6.07, 6.45) is 2.91. The quantitative estimate of drug-likeness (QED) is 0.176. The van der Waals surface area contributed by atoms with Gasteiger partial charge < -0.3 is 18.9 Å². The highest BCUT2D eigenvalue weighted by Crippen LogP contribution is 2.45. The number of esters is 1. The van der Waals surface area contributed by atoms with Crippen LogP contribution in [0.2, 0.25) is 0 Å². The minimum absolute atomic E-state index is 0.131. The second-order valence-electron chi connectivity index (χ2n) is 10.4. The van der Waals surface area contributed by atoms with Crippen LogP contribution in [0.5, 0.6) is 0 Å². The molecule has 4 aromatic rings. The van der Waals surface area contributed by atoms with Gasteiger partial charge in [-0.3, -0.25) is 0 Å². The van der Waals surface area contributed by atoms with Crippen molar-refractivity contribution in [3.05, 3.63) is 131 Å². The van der Waals surface area contributed by atoms with Crippen LogP contribution in [-0.2, 0) is 24.5 Å². The summed E-state index contributed by atoms with van der Waals surface area (Å²) in [4.78, 5) is 12.0. The zero-order chi connectivity index (χ0) is 27.7. The fourth-order valence-corrected chi connectivity index (χ4v) is 5.67. The van der Waals surface area contributed by atoms with Crippen LogP contribution < -0.4 is 0 Å². The SMILES string of the molecule is COC(=O)c1cn([C@@H]2C=C(COC(c3ccccc3)(c3ccccc3)c3ccccc3)[C@H]3OC(C)(C)O[C@H]32)nn1. The highest BCUT2D eigenvalue weighted by atomic mass is 16.8. The van der Waals surface area contributed by atoms with Crippen LogP contribution in [0.4, 0.5) is 0 Å². The van der Waals surface area contributed by atoms with Crippen molar-refractivity contribution in [2.45, 2.75) is 43.5 Å². The summed E-state index contributed by atoms with van der Waals surface area (Å²) >= 11 is 0. The lowest BCUT2D eigenvalue weighted by atomic mass is 9.80. The Balaban J connectivity index is 1.41. The van der Waals surface area contributed by atoms with Crippen molar-refractivity contribution in [1.82, 2.24) is 15.0 Å². The maximum Gasteiger partial charge on any atom is 0.360 e. The van der Waals surface area contributed by atoms with Gasteiger partial charge in [-0.2, -0.15) is 0 Å². The van der Waals surface area contributed by atoms with E-state index in [-0.39, 0.29) is 30.6 Å². The van der Waals surface area contributed by atoms with Crippen molar-refractivity contribution in [1.29, 1.82) is 0 Å². The smallest absolute Gasteiger partial charge is 0.360 e. The number of nitrogens with zero attached hydrogens (tertiary/aromatic N) is 3. The molecule has 3 aromatic carbocycles. The lowest BCUT2D eigenvalue weighted by Gasteiger charge is -2.36. The number of carbonyl (C=O) groups excluding carboxylic acids is 1. The van der Waals surface area contributed by atoms with Crippen molar-refractivity contribution in [3.8, 4) is 0 Å². The van der Waals surface area contributed by atoms with Gasteiger partial charge in [-0.1, -0.05) is 102 Å². The number of benzene rings is 3. The maximum atomic E-state index is 12.0. The second kappa shape index (κ2) is 10.5. The van der Waals surface area contributed by atoms with E-state index in [9.17, 15) is 4.79 Å². The molecule has 2 aliphatic rings. The first-order chi connectivity index (χ1) is 19.4. The highest BCUT2D eigenvalue weighted by molar-refractivity contribution is 5.86. The minimum Gasteiger partial charge on any atom is -0.464 e. The number of aromatic nitrogens is 3. The lowest BCUT2D eigenvalue weighted by Crippen LogP contribution is -2.35. The minimum atomic E-state index is -0.876. The molecule has 1 aliphatic carbocycles. The number of rotatable bonds is 8. The summed E-state index contributed by atoms with van der Waals surface area (Å²) in [7, 11) is 1.32. The van der Waals surface area contributed by atoms with E-state index in [0.29, 0.717) is 0 Å². The molecule has 0 N–H and O–H groups in total. The van der Waals surface area contributed by atoms with E-state index in [0.717, 1.165) is 22.3 Å². The molecule has 0 spiro atoms. The molecule has 0 amide bonds. The van der Waals surface area contributed by atoms with Crippen LogP contribution in [0, 0.1) is 0 Å². The van der Waals surface area contributed by atoms with Crippen LogP contribution in [0.15, 0.2) is 109 Å². The molecule has 204 valence electrons. The van der Waals surface area contributed by atoms with Gasteiger partial charge >= 0.3 is 5.97 Å². The predicted molar refractivity (Wildman–Crippen MR) is 147 cm³/mol. The summed E-state index contributed by atoms with van der Waals surface area (Å²) in [6.45, 7) is 4.06. The molecule has 0 unspecified atom stereocenters. The van der Waals surface area contributed by atoms with Crippen LogP contribution in [0.3, 0.4) is 0 Å². The van der Waals surface area contributed by atoms with Gasteiger partial charge in [0.15, 0.2) is 11.5 Å². The van der Waals surface area contributed by atoms with E-state index in [4.69, 9.17) is 18.9 Å². The highest BCUT2D eigenvalue weighted by Gasteiger charge is 2.51. The normalized spacial score (nSPS) is 21.6. The maximum absolute atomic E-state index is 12.0. The van der Waals surface area contributed by atoms with Crippen molar-refractivity contribution in [2.24, 2.45) is 0 Å². The number of fused-ring (bicyclic) bond motifs is 1. The van der Waals surface area contributed by atoms with Gasteiger partial charge in [-0.05, 0) is 36.1 Å². The first-order valence-electron chi connectivity index (χ1n) is 13.3. The molecule has 1 aromatic heterocycles. The average Bonchev–Trinajstić information content (AvgIpc) is 3.68. The summed E-state index contributed by atoms with van der Waals surface area (Å²) in [5, 5.41) is 8.20. The number of hydrogen-bond donors (Lipinski definition) is 0. The Morgan fingerprint density at radius 3 is 1.98 bits per heavy atom. The number of hydrogen-bond acceptors (Lipinski definition) is 7. The monoisotopic (exact) mass is 537 g/mol. The van der Waals surface area contributed by atoms with Crippen molar-refractivity contribution in [3.63, 3.8) is 0 Å². The number of methoxy groups -OCH3 is 1. The van der Waals surface area contributed by atoms with Gasteiger partial charge in [0.25, 0.3) is 0 Å². The lowest BCUT2D eigenvalue weighted by molar-refractivity contribution is -0.149. The third kappa shape index (κ3) is 4.64. The molecule has 0 saturated carbocycles. The van der Waals surface area contributed by atoms with Gasteiger partial charge in [0, 0.05) is 0 Å². The van der Waals surface area contributed by atoms with Gasteiger partial charge in [0.2, 0.25) is 0 Å². The Bertz CT molecular complexity index is 1400. The van der Waals surface area contributed by atoms with Crippen LogP contribution in [0.25, 0.3) is 0 Å². The first-order valence-corrected chi connectivity index (χ1v) is 13.3. The molecule has 40 heavy (non-hydrogen) atoms. The molecule has 8 nitrogen and oxygen atoms in total. The Kier molecular flexibility index (Phi) is 6.83. The van der Waals surface area contributed by atoms with Crippen molar-refractivity contribution < 1.29 is 23.7 Å². The molecule has 8 heteroatoms. The predicted octanol–water partition coefficient (Wildman–Crippen LogP) is 5.07. The van der Waals surface area contributed by atoms with E-state index in [1.807, 2.05) is 74.5 Å². The molecular weight excluding hydrogens is 506 g/mol. The van der Waals surface area contributed by atoms with Crippen LogP contribution >= 0.6 is 0 Å². The van der Waals surface area contributed by atoms with E-state index in [1.165, 1.54) is 7.11 Å². The van der Waals surface area contributed by atoms with E-state index in [2.05, 4.69) is 46.7 Å². The third-order valence-electron chi connectivity index (χ3n) is 7.42. The standard InChI is InChI=1S/C32H31N3O5/c1-31(2)39-28-22(19-27(29(28)40-31)35-20-26(33-34-35)30(36)37-3)21-38-32(23-13-7-4-8-14-23,24-15-9-5-10-16-24)25-17-11-6-12-18-25/h4-20,27-29H,21H2,1-3H3/t27-,28-,29+/m1/s1. The summed E-state index contributed by atoms with van der Waals surface area (Å²) in [5.74, 6) is -1.34. The van der Waals surface area contributed by atoms with Crippen molar-refractivity contribution in [2.75, 3.05) is 13.7 Å². The van der Waals surface area contributed by atoms with Crippen LogP contribution in [-0.4, -0.2) is 52.7 Å². The molecule has 1 aliphatic heterocycles. The zero-order valence-corrected chi connectivity index (χ0v) is 22.6. The Labute approximate surface area is 233 Å². The molecular formula is C32H31N3O5. The van der Waals surface area contributed by atoms with Crippen LogP contribution in [0.1, 0.15) is 47.1 Å². The fourth-order valence-electron chi connectivity index (χ4n) is 5.67. The largest absolute Gasteiger partial charge is 0.464 e. The van der Waals surface area contributed by atoms with Gasteiger partial charge in [-0.15, -0.1) is 5.10 Å². The Morgan fingerprint density at radius 1 is 0.900 bits per heavy atom. The van der Waals surface area contributed by atoms with E-state index < -0.39 is 17.4 Å². The molecule has 0 radical (unpaired) electrons. The molecule has 1 saturated heterocycles. The fraction of sp³-hybridized carbons (Fsp3) is 0.281. The topological polar surface area (TPSA) is 84.7 Å². The molecule has 2 heterocycles. The summed E-state index contributed by atoms with van der Waals surface area (Å²) < 4.78 is 26.2.